The molecule has 0 fully saturated rings. The minimum atomic E-state index is -4.91. The van der Waals surface area contributed by atoms with Crippen LogP contribution in [0.2, 0.25) is 0 Å². The van der Waals surface area contributed by atoms with Crippen LogP contribution in [0.3, 0.4) is 0 Å². The molecule has 0 saturated heterocycles. The van der Waals surface area contributed by atoms with Gasteiger partial charge in [0.2, 0.25) is 47.3 Å². The lowest BCUT2D eigenvalue weighted by Gasteiger charge is -2.26. The lowest BCUT2D eigenvalue weighted by atomic mass is 10.0. The van der Waals surface area contributed by atoms with Crippen molar-refractivity contribution in [2.75, 3.05) is 30.5 Å². The summed E-state index contributed by atoms with van der Waals surface area (Å²) in [6.45, 7) is -3.36. The van der Waals surface area contributed by atoms with Crippen LogP contribution >= 0.6 is 23.5 Å². The van der Waals surface area contributed by atoms with Gasteiger partial charge in [-0.05, 0) is 71.7 Å². The number of carboxylic acids is 2. The van der Waals surface area contributed by atoms with Gasteiger partial charge in [-0.2, -0.15) is 31.9 Å². The molecule has 4 rings (SSSR count). The number of carbonyl (C=O) groups is 10. The average Bonchev–Trinajstić information content (AvgIpc) is 3.80. The Balaban J connectivity index is 1.60. The fourth-order valence-corrected chi connectivity index (χ4v) is 8.79. The van der Waals surface area contributed by atoms with E-state index in [1.54, 1.807) is 67.1 Å². The first kappa shape index (κ1) is 59.5. The third-order valence-corrected chi connectivity index (χ3v) is 13.1. The van der Waals surface area contributed by atoms with Crippen LogP contribution in [0.25, 0.3) is 10.9 Å². The first-order valence-electron chi connectivity index (χ1n) is 24.7. The average molecular weight is 1150 g/mol. The molecule has 0 spiro atoms. The molecule has 1 heterocycles. The third kappa shape index (κ3) is 21.4. The molecule has 3 aromatic carbocycles. The highest BCUT2D eigenvalue weighted by molar-refractivity contribution is 7.98. The maximum absolute atomic E-state index is 14.4. The van der Waals surface area contributed by atoms with E-state index in [1.165, 1.54) is 41.9 Å². The molecule has 0 aliphatic rings. The number of aromatic nitrogens is 1. The number of thioether (sulfide) groups is 2. The second-order valence-electron chi connectivity index (χ2n) is 17.3. The molecule has 0 aliphatic carbocycles. The number of fused-ring (bicyclic) bond motifs is 1. The van der Waals surface area contributed by atoms with Crippen molar-refractivity contribution in [2.24, 2.45) is 11.5 Å². The zero-order valence-corrected chi connectivity index (χ0v) is 44.5. The Morgan fingerprint density at radius 2 is 1.10 bits per heavy atom. The number of benzene rings is 3. The Morgan fingerprint density at radius 1 is 0.615 bits per heavy atom. The van der Waals surface area contributed by atoms with Gasteiger partial charge in [0.05, 0.1) is 28.1 Å². The quantitative estimate of drug-likeness (QED) is 0.0246. The summed E-state index contributed by atoms with van der Waals surface area (Å²) in [5.74, 6) is -12.1. The smallest absolute Gasteiger partial charge is 0.446 e. The number of carbonyl (C=O) groups excluding carboxylic acids is 8. The first-order valence-corrected chi connectivity index (χ1v) is 27.8. The number of hydrogen-bond acceptors (Lipinski definition) is 16. The summed E-state index contributed by atoms with van der Waals surface area (Å²) >= 11 is 2.47. The number of nitrogens with two attached hydrogens (primary N) is 2. The number of rotatable bonds is 33. The normalized spacial score (nSPS) is 14.5. The summed E-state index contributed by atoms with van der Waals surface area (Å²) in [5, 5.41) is 35.8. The van der Waals surface area contributed by atoms with Gasteiger partial charge in [-0.3, -0.25) is 52.5 Å². The molecule has 26 nitrogen and oxygen atoms in total. The van der Waals surface area contributed by atoms with Gasteiger partial charge in [-0.1, -0.05) is 60.7 Å². The topological polar surface area (TPSA) is 427 Å². The summed E-state index contributed by atoms with van der Waals surface area (Å²) in [6, 6.07) is 8.75. The Hall–Kier alpha value is -7.73. The molecule has 29 heteroatoms. The number of hydrogen-bond donors (Lipinski definition) is 13. The van der Waals surface area contributed by atoms with Crippen LogP contribution in [0.15, 0.2) is 85.1 Å². The highest BCUT2D eigenvalue weighted by Gasteiger charge is 2.34. The van der Waals surface area contributed by atoms with Crippen molar-refractivity contribution in [3.8, 4) is 5.75 Å². The van der Waals surface area contributed by atoms with Gasteiger partial charge in [-0.25, -0.2) is 0 Å². The monoisotopic (exact) mass is 1140 g/mol. The van der Waals surface area contributed by atoms with Crippen LogP contribution in [0.1, 0.15) is 45.1 Å². The second kappa shape index (κ2) is 30.9. The van der Waals surface area contributed by atoms with Crippen LogP contribution in [0.4, 0.5) is 0 Å². The maximum atomic E-state index is 14.4. The zero-order chi connectivity index (χ0) is 59.3. The van der Waals surface area contributed by atoms with Gasteiger partial charge in [0, 0.05) is 36.4 Å². The summed E-state index contributed by atoms with van der Waals surface area (Å²) in [5.41, 5.74) is 13.2. The Bertz CT molecular complexity index is 2980. The molecule has 0 bridgehead atoms. The highest BCUT2D eigenvalue weighted by atomic mass is 32.3. The predicted octanol–water partition coefficient (Wildman–Crippen LogP) is -1.33. The van der Waals surface area contributed by atoms with Crippen molar-refractivity contribution < 1.29 is 78.1 Å². The van der Waals surface area contributed by atoms with Crippen molar-refractivity contribution in [1.82, 2.24) is 42.2 Å². The molecule has 4 aromatic rings. The molecule has 1 aromatic heterocycles. The van der Waals surface area contributed by atoms with E-state index in [1.807, 2.05) is 5.32 Å². The van der Waals surface area contributed by atoms with E-state index < -0.39 is 138 Å². The second-order valence-corrected chi connectivity index (χ2v) is 20.3. The van der Waals surface area contributed by atoms with Gasteiger partial charge in [0.15, 0.2) is 0 Å². The number of primary amides is 1. The minimum absolute atomic E-state index is 0.0694. The van der Waals surface area contributed by atoms with Crippen LogP contribution in [-0.2, 0) is 77.6 Å². The number of H-pyrrole nitrogens is 1. The van der Waals surface area contributed by atoms with Crippen molar-refractivity contribution in [3.63, 3.8) is 0 Å². The minimum Gasteiger partial charge on any atom is -0.481 e. The summed E-state index contributed by atoms with van der Waals surface area (Å²) in [6.07, 6.45) is 1.92. The Morgan fingerprint density at radius 3 is 1.68 bits per heavy atom. The molecule has 7 atom stereocenters. The standard InChI is InChI=1S/C49H62N10O16S3/c1-76-18-16-34(55-47(69)37(58-44(66)32(50)23-41(61)62)21-28-12-14-30(15-13-28)75-78(72,73)74)45(67)53-26-40(60)54-38(22-29-25-52-33-11-7-6-10-31(29)33)48(70)56-35(17-19-77-2)46(68)59-39(24-42(63)64)49(71)57-36(43(51)65)20-27-8-4-3-5-9-27/h3-15,25,32,34-39,52H,16-24,26,50H2,1-2H3,(H2,51,65)(H,53,67)(H,54,60)(H,55,69)(H,56,70)(H,57,71)(H,58,66)(H,59,68)(H,61,62)(H,63,64)(H,72,73,74)/t32-,34-,35-,36-,37-,38-,39-/m0/s1/i26D2. The maximum Gasteiger partial charge on any atom is 0.446 e. The van der Waals surface area contributed by atoms with E-state index in [-0.39, 0.29) is 48.5 Å². The van der Waals surface area contributed by atoms with Gasteiger partial charge in [0.25, 0.3) is 0 Å². The number of carboxylic acid groups (broad SMARTS) is 2. The molecule has 78 heavy (non-hydrogen) atoms. The molecule has 15 N–H and O–H groups in total. The lowest BCUT2D eigenvalue weighted by molar-refractivity contribution is -0.141. The van der Waals surface area contributed by atoms with Gasteiger partial charge >= 0.3 is 22.3 Å². The van der Waals surface area contributed by atoms with Gasteiger partial charge in [0.1, 0.15) is 42.0 Å². The third-order valence-electron chi connectivity index (χ3n) is 11.4. The van der Waals surface area contributed by atoms with E-state index in [9.17, 15) is 66.6 Å². The van der Waals surface area contributed by atoms with Gasteiger partial charge in [-0.15, -0.1) is 0 Å². The molecule has 0 saturated carbocycles. The lowest BCUT2D eigenvalue weighted by Crippen LogP contribution is -2.59. The van der Waals surface area contributed by atoms with E-state index in [0.29, 0.717) is 22.0 Å². The molecular weight excluding hydrogens is 1080 g/mol. The van der Waals surface area contributed by atoms with Crippen LogP contribution in [0, 0.1) is 0 Å². The van der Waals surface area contributed by atoms with Crippen molar-refractivity contribution in [2.45, 2.75) is 87.2 Å². The predicted molar refractivity (Wildman–Crippen MR) is 287 cm³/mol. The van der Waals surface area contributed by atoms with Crippen molar-refractivity contribution in [3.05, 3.63) is 102 Å². The summed E-state index contributed by atoms with van der Waals surface area (Å²) < 4.78 is 53.3. The molecule has 8 amide bonds. The zero-order valence-electron chi connectivity index (χ0n) is 44.0. The van der Waals surface area contributed by atoms with Crippen LogP contribution in [0.5, 0.6) is 5.75 Å². The molecule has 422 valence electrons. The van der Waals surface area contributed by atoms with E-state index in [4.69, 9.17) is 18.8 Å². The van der Waals surface area contributed by atoms with E-state index >= 15 is 0 Å². The molecule has 0 unspecified atom stereocenters. The van der Waals surface area contributed by atoms with E-state index in [2.05, 4.69) is 41.1 Å². The number of amides is 8. The van der Waals surface area contributed by atoms with Crippen LogP contribution < -0.4 is 52.9 Å². The number of nitrogens with one attached hydrogen (secondary N) is 8. The largest absolute Gasteiger partial charge is 0.481 e. The van der Waals surface area contributed by atoms with Crippen molar-refractivity contribution in [1.29, 1.82) is 0 Å². The number of aliphatic carboxylic acids is 2. The fraction of sp³-hybridized carbons (Fsp3) is 0.388. The Labute approximate surface area is 459 Å². The summed E-state index contributed by atoms with van der Waals surface area (Å²) in [4.78, 5) is 136. The van der Waals surface area contributed by atoms with E-state index in [0.717, 1.165) is 12.1 Å². The SMILES string of the molecule is [2H]C([2H])(NC(=O)[C@H](CCSC)NC(=O)[C@H](Cc1ccc(OS(=O)(=O)O)cc1)NC(=O)[C@@H](N)CC(=O)O)C(=O)N[C@@H](Cc1c[nH]c2ccccc12)C(=O)N[C@@H](CCSC)C(=O)N[C@@H](CC(=O)O)C(=O)N[C@@H](Cc1ccccc1)C(N)=O. The fourth-order valence-electron chi connectivity index (χ4n) is 7.49. The highest BCUT2D eigenvalue weighted by Crippen LogP contribution is 2.20. The van der Waals surface area contributed by atoms with Crippen molar-refractivity contribution >= 4 is 104 Å². The first-order chi connectivity index (χ1) is 37.7. The van der Waals surface area contributed by atoms with Gasteiger partial charge < -0.3 is 68.1 Å². The summed E-state index contributed by atoms with van der Waals surface area (Å²) in [7, 11) is -4.91. The molecule has 0 aliphatic heterocycles. The van der Waals surface area contributed by atoms with Crippen LogP contribution in [-0.4, -0.2) is 160 Å². The Kier molecular flexibility index (Phi) is 23.6. The number of aromatic amines is 1. The molecular formula is C49H62N10O16S3. The number of para-hydroxylation sites is 1. The molecule has 0 radical (unpaired) electrons.